The van der Waals surface area contributed by atoms with Crippen LogP contribution in [0.4, 0.5) is 0 Å². The van der Waals surface area contributed by atoms with Crippen LogP contribution in [0.5, 0.6) is 0 Å². The maximum absolute atomic E-state index is 3.38. The third-order valence-electron chi connectivity index (χ3n) is 3.01. The van der Waals surface area contributed by atoms with Crippen molar-refractivity contribution in [1.29, 1.82) is 0 Å². The molecule has 0 fully saturated rings. The summed E-state index contributed by atoms with van der Waals surface area (Å²) in [6.45, 7) is 0. The molecule has 0 atom stereocenters. The number of rotatable bonds is 1. The van der Waals surface area contributed by atoms with Gasteiger partial charge in [0.25, 0.3) is 0 Å². The predicted octanol–water partition coefficient (Wildman–Crippen LogP) is 3.01. The Hall–Kier alpha value is -2.09. The van der Waals surface area contributed by atoms with Crippen LogP contribution in [0.1, 0.15) is 5.56 Å². The third-order valence-corrected chi connectivity index (χ3v) is 3.01. The standard InChI is InChI=1S/C15H14N2/c1-17(2)10-12-9-16-15-13-6-4-3-5-11(13)7-8-14(12)15/h3-10H,1-2H3/p+1. The highest BCUT2D eigenvalue weighted by molar-refractivity contribution is 6.10. The van der Waals surface area contributed by atoms with Crippen LogP contribution in [-0.4, -0.2) is 29.9 Å². The van der Waals surface area contributed by atoms with Crippen LogP contribution in [-0.2, 0) is 0 Å². The van der Waals surface area contributed by atoms with E-state index in [1.165, 1.54) is 27.2 Å². The molecular formula is C15H15N2+. The zero-order chi connectivity index (χ0) is 11.8. The van der Waals surface area contributed by atoms with E-state index in [1.54, 1.807) is 0 Å². The van der Waals surface area contributed by atoms with Gasteiger partial charge in [-0.2, -0.15) is 0 Å². The highest BCUT2D eigenvalue weighted by Gasteiger charge is 2.06. The van der Waals surface area contributed by atoms with Crippen LogP contribution in [0.25, 0.3) is 21.7 Å². The van der Waals surface area contributed by atoms with Gasteiger partial charge in [-0.25, -0.2) is 4.58 Å². The number of hydrogen-bond acceptors (Lipinski definition) is 0. The zero-order valence-electron chi connectivity index (χ0n) is 10.1. The molecule has 0 saturated heterocycles. The van der Waals surface area contributed by atoms with Gasteiger partial charge in [-0.3, -0.25) is 0 Å². The second-order valence-electron chi connectivity index (χ2n) is 4.55. The summed E-state index contributed by atoms with van der Waals surface area (Å²) < 4.78 is 2.07. The summed E-state index contributed by atoms with van der Waals surface area (Å²) in [7, 11) is 4.08. The lowest BCUT2D eigenvalue weighted by molar-refractivity contribution is -0.458. The monoisotopic (exact) mass is 223 g/mol. The highest BCUT2D eigenvalue weighted by atomic mass is 14.9. The Bertz CT molecular complexity index is 716. The van der Waals surface area contributed by atoms with E-state index in [1.807, 2.05) is 14.1 Å². The molecule has 0 spiro atoms. The first-order valence-electron chi connectivity index (χ1n) is 5.76. The average Bonchev–Trinajstić information content (AvgIpc) is 2.72. The van der Waals surface area contributed by atoms with Gasteiger partial charge in [-0.1, -0.05) is 36.4 Å². The van der Waals surface area contributed by atoms with E-state index in [9.17, 15) is 0 Å². The van der Waals surface area contributed by atoms with Crippen molar-refractivity contribution in [3.8, 4) is 0 Å². The molecule has 3 rings (SSSR count). The maximum atomic E-state index is 3.38. The minimum atomic E-state index is 1.22. The molecule has 0 amide bonds. The normalized spacial score (nSPS) is 10.9. The molecule has 1 N–H and O–H groups in total. The molecule has 0 aliphatic carbocycles. The molecular weight excluding hydrogens is 208 g/mol. The van der Waals surface area contributed by atoms with Crippen molar-refractivity contribution in [3.05, 3.63) is 48.2 Å². The number of nitrogens with zero attached hydrogens (tertiary/aromatic N) is 1. The SMILES string of the molecule is C[N+](C)=Cc1c[nH]c2c1ccc1ccccc12. The largest absolute Gasteiger partial charge is 0.360 e. The van der Waals surface area contributed by atoms with Crippen LogP contribution < -0.4 is 0 Å². The number of H-pyrrole nitrogens is 1. The van der Waals surface area contributed by atoms with E-state index < -0.39 is 0 Å². The van der Waals surface area contributed by atoms with Gasteiger partial charge in [0.1, 0.15) is 14.1 Å². The molecule has 84 valence electrons. The van der Waals surface area contributed by atoms with Crippen LogP contribution >= 0.6 is 0 Å². The van der Waals surface area contributed by atoms with Gasteiger partial charge in [-0.15, -0.1) is 0 Å². The minimum absolute atomic E-state index is 1.22. The number of fused-ring (bicyclic) bond motifs is 3. The molecule has 0 bridgehead atoms. The van der Waals surface area contributed by atoms with Crippen molar-refractivity contribution in [1.82, 2.24) is 4.98 Å². The van der Waals surface area contributed by atoms with Crippen LogP contribution in [0.15, 0.2) is 42.6 Å². The first-order valence-corrected chi connectivity index (χ1v) is 5.76. The highest BCUT2D eigenvalue weighted by Crippen LogP contribution is 2.25. The molecule has 1 aromatic heterocycles. The van der Waals surface area contributed by atoms with Gasteiger partial charge in [0, 0.05) is 17.0 Å². The van der Waals surface area contributed by atoms with Crippen molar-refractivity contribution in [2.75, 3.05) is 14.1 Å². The van der Waals surface area contributed by atoms with E-state index in [0.29, 0.717) is 0 Å². The van der Waals surface area contributed by atoms with E-state index in [2.05, 4.69) is 58.4 Å². The second-order valence-corrected chi connectivity index (χ2v) is 4.55. The van der Waals surface area contributed by atoms with Gasteiger partial charge < -0.3 is 4.98 Å². The fourth-order valence-electron chi connectivity index (χ4n) is 2.28. The van der Waals surface area contributed by atoms with E-state index in [4.69, 9.17) is 0 Å². The summed E-state index contributed by atoms with van der Waals surface area (Å²) >= 11 is 0. The number of benzene rings is 2. The van der Waals surface area contributed by atoms with Crippen molar-refractivity contribution in [2.24, 2.45) is 0 Å². The summed E-state index contributed by atoms with van der Waals surface area (Å²) in [6.07, 6.45) is 4.20. The molecule has 0 aliphatic rings. The van der Waals surface area contributed by atoms with E-state index >= 15 is 0 Å². The van der Waals surface area contributed by atoms with Gasteiger partial charge >= 0.3 is 0 Å². The summed E-state index contributed by atoms with van der Waals surface area (Å²) in [5.74, 6) is 0. The van der Waals surface area contributed by atoms with Crippen molar-refractivity contribution < 1.29 is 4.58 Å². The molecule has 0 aliphatic heterocycles. The molecule has 0 unspecified atom stereocenters. The number of nitrogens with one attached hydrogen (secondary N) is 1. The Morgan fingerprint density at radius 1 is 1.00 bits per heavy atom. The van der Waals surface area contributed by atoms with Gasteiger partial charge in [0.2, 0.25) is 0 Å². The smallest absolute Gasteiger partial charge is 0.172 e. The average molecular weight is 223 g/mol. The Kier molecular flexibility index (Phi) is 2.22. The Morgan fingerprint density at radius 2 is 1.82 bits per heavy atom. The van der Waals surface area contributed by atoms with Crippen molar-refractivity contribution in [3.63, 3.8) is 0 Å². The molecule has 2 nitrogen and oxygen atoms in total. The first kappa shape index (κ1) is 10.1. The maximum Gasteiger partial charge on any atom is 0.172 e. The van der Waals surface area contributed by atoms with Gasteiger partial charge in [0.05, 0.1) is 11.1 Å². The first-order chi connectivity index (χ1) is 8.25. The number of hydrogen-bond donors (Lipinski definition) is 1. The molecule has 3 aromatic rings. The van der Waals surface area contributed by atoms with E-state index in [-0.39, 0.29) is 0 Å². The predicted molar refractivity (Wildman–Crippen MR) is 73.1 cm³/mol. The van der Waals surface area contributed by atoms with Crippen LogP contribution in [0, 0.1) is 0 Å². The summed E-state index contributed by atoms with van der Waals surface area (Å²) in [5.41, 5.74) is 2.45. The number of aromatic amines is 1. The Morgan fingerprint density at radius 3 is 2.65 bits per heavy atom. The zero-order valence-corrected chi connectivity index (χ0v) is 10.1. The fourth-order valence-corrected chi connectivity index (χ4v) is 2.28. The molecule has 0 saturated carbocycles. The Labute approximate surface area is 100 Å². The van der Waals surface area contributed by atoms with Crippen molar-refractivity contribution >= 4 is 27.9 Å². The van der Waals surface area contributed by atoms with Crippen molar-refractivity contribution in [2.45, 2.75) is 0 Å². The molecule has 2 heteroatoms. The summed E-state index contributed by atoms with van der Waals surface area (Å²) in [6, 6.07) is 12.8. The topological polar surface area (TPSA) is 18.8 Å². The Balaban J connectivity index is 2.39. The minimum Gasteiger partial charge on any atom is -0.360 e. The lowest BCUT2D eigenvalue weighted by Gasteiger charge is -1.99. The summed E-state index contributed by atoms with van der Waals surface area (Å²) in [4.78, 5) is 3.38. The number of aromatic nitrogens is 1. The van der Waals surface area contributed by atoms with E-state index in [0.717, 1.165) is 0 Å². The molecule has 1 heterocycles. The second kappa shape index (κ2) is 3.74. The molecule has 2 aromatic carbocycles. The molecule has 17 heavy (non-hydrogen) atoms. The third kappa shape index (κ3) is 1.62. The summed E-state index contributed by atoms with van der Waals surface area (Å²) in [5, 5.41) is 3.83. The van der Waals surface area contributed by atoms with Gasteiger partial charge in [0.15, 0.2) is 6.21 Å². The van der Waals surface area contributed by atoms with Gasteiger partial charge in [-0.05, 0) is 5.39 Å². The van der Waals surface area contributed by atoms with Crippen LogP contribution in [0.2, 0.25) is 0 Å². The fraction of sp³-hybridized carbons (Fsp3) is 0.133. The van der Waals surface area contributed by atoms with Crippen LogP contribution in [0.3, 0.4) is 0 Å². The molecule has 0 radical (unpaired) electrons. The lowest BCUT2D eigenvalue weighted by Crippen LogP contribution is -1.98. The quantitative estimate of drug-likeness (QED) is 0.483. The lowest BCUT2D eigenvalue weighted by atomic mass is 10.1.